The van der Waals surface area contributed by atoms with Crippen LogP contribution in [0.4, 0.5) is 5.69 Å². The van der Waals surface area contributed by atoms with Crippen LogP contribution in [0.2, 0.25) is 0 Å². The lowest BCUT2D eigenvalue weighted by molar-refractivity contribution is -0.132. The van der Waals surface area contributed by atoms with Crippen molar-refractivity contribution in [2.45, 2.75) is 25.8 Å². The predicted octanol–water partition coefficient (Wildman–Crippen LogP) is 5.01. The first-order chi connectivity index (χ1) is 15.0. The summed E-state index contributed by atoms with van der Waals surface area (Å²) in [6.45, 7) is 2.65. The molecule has 1 aromatic heterocycles. The van der Waals surface area contributed by atoms with E-state index in [0.29, 0.717) is 17.9 Å². The van der Waals surface area contributed by atoms with E-state index in [0.717, 1.165) is 34.6 Å². The van der Waals surface area contributed by atoms with Crippen LogP contribution in [-0.4, -0.2) is 23.4 Å². The Balaban J connectivity index is 1.66. The molecule has 1 saturated heterocycles. The molecule has 5 rings (SSSR count). The van der Waals surface area contributed by atoms with E-state index >= 15 is 0 Å². The number of nitrogens with zero attached hydrogens (tertiary/aromatic N) is 1. The van der Waals surface area contributed by atoms with Crippen molar-refractivity contribution in [2.24, 2.45) is 0 Å². The van der Waals surface area contributed by atoms with Crippen molar-refractivity contribution < 1.29 is 19.4 Å². The maximum atomic E-state index is 13.1. The zero-order chi connectivity index (χ0) is 21.5. The monoisotopic (exact) mass is 431 g/mol. The van der Waals surface area contributed by atoms with Gasteiger partial charge in [-0.3, -0.25) is 14.5 Å². The summed E-state index contributed by atoms with van der Waals surface area (Å²) in [4.78, 5) is 28.5. The fraction of sp³-hybridized carbons (Fsp3) is 0.200. The Labute approximate surface area is 184 Å². The molecule has 1 unspecified atom stereocenters. The summed E-state index contributed by atoms with van der Waals surface area (Å²) >= 11 is 1.45. The van der Waals surface area contributed by atoms with Gasteiger partial charge in [0, 0.05) is 16.1 Å². The number of thiophene rings is 1. The number of carbonyl (C=O) groups excluding carboxylic acids is 2. The number of hydrogen-bond donors (Lipinski definition) is 1. The van der Waals surface area contributed by atoms with Gasteiger partial charge in [-0.1, -0.05) is 23.8 Å². The Morgan fingerprint density at radius 2 is 1.94 bits per heavy atom. The summed E-state index contributed by atoms with van der Waals surface area (Å²) in [5, 5.41) is 13.1. The molecule has 0 bridgehead atoms. The number of fused-ring (bicyclic) bond motifs is 1. The summed E-state index contributed by atoms with van der Waals surface area (Å²) in [5.41, 5.74) is 3.32. The van der Waals surface area contributed by atoms with Crippen LogP contribution in [0.25, 0.3) is 5.76 Å². The van der Waals surface area contributed by atoms with Crippen molar-refractivity contribution >= 4 is 34.5 Å². The second kappa shape index (κ2) is 7.71. The van der Waals surface area contributed by atoms with E-state index in [4.69, 9.17) is 4.74 Å². The van der Waals surface area contributed by atoms with Crippen molar-refractivity contribution in [3.63, 3.8) is 0 Å². The number of aliphatic hydroxyl groups is 1. The van der Waals surface area contributed by atoms with Gasteiger partial charge in [0.2, 0.25) is 0 Å². The summed E-state index contributed by atoms with van der Waals surface area (Å²) in [6.07, 6.45) is 1.76. The standard InChI is InChI=1S/C25H21NO4S/c1-15-6-9-18(10-7-15)26-22(20-5-3-13-31-20)21(24(28)25(26)29)23(27)17-8-11-19-16(14-17)4-2-12-30-19/h3,5-11,13-14,22,27H,2,4,12H2,1H3/b23-21-. The first kappa shape index (κ1) is 19.6. The molecule has 2 aromatic carbocycles. The average molecular weight is 432 g/mol. The number of ether oxygens (including phenoxy) is 1. The fourth-order valence-corrected chi connectivity index (χ4v) is 5.01. The lowest BCUT2D eigenvalue weighted by atomic mass is 9.97. The molecule has 3 aromatic rings. The molecule has 0 radical (unpaired) electrons. The first-order valence-electron chi connectivity index (χ1n) is 10.2. The predicted molar refractivity (Wildman–Crippen MR) is 121 cm³/mol. The number of benzene rings is 2. The zero-order valence-corrected chi connectivity index (χ0v) is 17.8. The Hall–Kier alpha value is -3.38. The second-order valence-electron chi connectivity index (χ2n) is 7.79. The van der Waals surface area contributed by atoms with Crippen molar-refractivity contribution in [2.75, 3.05) is 11.5 Å². The number of hydrogen-bond acceptors (Lipinski definition) is 5. The molecule has 156 valence electrons. The van der Waals surface area contributed by atoms with Crippen LogP contribution in [-0.2, 0) is 16.0 Å². The normalized spacial score (nSPS) is 19.9. The average Bonchev–Trinajstić information content (AvgIpc) is 3.41. The van der Waals surface area contributed by atoms with Crippen LogP contribution in [0.15, 0.2) is 65.6 Å². The Bertz CT molecular complexity index is 1190. The van der Waals surface area contributed by atoms with Crippen molar-refractivity contribution in [1.29, 1.82) is 0 Å². The van der Waals surface area contributed by atoms with Crippen LogP contribution >= 0.6 is 11.3 Å². The highest BCUT2D eigenvalue weighted by molar-refractivity contribution is 7.10. The molecular formula is C25H21NO4S. The van der Waals surface area contributed by atoms with Crippen LogP contribution < -0.4 is 9.64 Å². The maximum Gasteiger partial charge on any atom is 0.300 e. The third-order valence-electron chi connectivity index (χ3n) is 5.75. The van der Waals surface area contributed by atoms with Gasteiger partial charge in [-0.05, 0) is 67.1 Å². The smallest absolute Gasteiger partial charge is 0.300 e. The molecule has 0 aliphatic carbocycles. The second-order valence-corrected chi connectivity index (χ2v) is 8.77. The van der Waals surface area contributed by atoms with Crippen LogP contribution in [0, 0.1) is 6.92 Å². The molecule has 31 heavy (non-hydrogen) atoms. The molecule has 2 aliphatic rings. The Morgan fingerprint density at radius 1 is 1.13 bits per heavy atom. The Morgan fingerprint density at radius 3 is 2.68 bits per heavy atom. The molecule has 1 amide bonds. The molecule has 0 saturated carbocycles. The van der Waals surface area contributed by atoms with Gasteiger partial charge in [0.05, 0.1) is 12.2 Å². The number of ketones is 1. The van der Waals surface area contributed by atoms with Crippen molar-refractivity contribution in [3.05, 3.63) is 87.1 Å². The number of anilines is 1. The topological polar surface area (TPSA) is 66.8 Å². The van der Waals surface area contributed by atoms with E-state index in [1.165, 1.54) is 16.2 Å². The minimum atomic E-state index is -0.676. The van der Waals surface area contributed by atoms with Crippen LogP contribution in [0.3, 0.4) is 0 Å². The maximum absolute atomic E-state index is 13.1. The number of rotatable bonds is 3. The molecule has 0 spiro atoms. The quantitative estimate of drug-likeness (QED) is 0.360. The lowest BCUT2D eigenvalue weighted by Crippen LogP contribution is -2.29. The molecule has 1 atom stereocenters. The number of aryl methyl sites for hydroxylation is 2. The Kier molecular flexibility index (Phi) is 4.87. The molecule has 1 N–H and O–H groups in total. The molecule has 1 fully saturated rings. The van der Waals surface area contributed by atoms with Gasteiger partial charge >= 0.3 is 0 Å². The van der Waals surface area contributed by atoms with Gasteiger partial charge in [0.1, 0.15) is 17.6 Å². The van der Waals surface area contributed by atoms with E-state index in [1.54, 1.807) is 6.07 Å². The molecule has 5 nitrogen and oxygen atoms in total. The highest BCUT2D eigenvalue weighted by atomic mass is 32.1. The SMILES string of the molecule is Cc1ccc(N2C(=O)C(=O)/C(=C(\O)c3ccc4c(c3)CCCO4)C2c2cccs2)cc1. The van der Waals surface area contributed by atoms with Crippen LogP contribution in [0.1, 0.15) is 34.0 Å². The lowest BCUT2D eigenvalue weighted by Gasteiger charge is -2.24. The molecule has 3 heterocycles. The number of Topliss-reactive ketones (excluding diaryl/α,β-unsaturated/α-hetero) is 1. The van der Waals surface area contributed by atoms with E-state index < -0.39 is 17.7 Å². The van der Waals surface area contributed by atoms with E-state index in [9.17, 15) is 14.7 Å². The highest BCUT2D eigenvalue weighted by Crippen LogP contribution is 2.44. The highest BCUT2D eigenvalue weighted by Gasteiger charge is 2.47. The van der Waals surface area contributed by atoms with Gasteiger partial charge in [-0.2, -0.15) is 0 Å². The third kappa shape index (κ3) is 3.33. The van der Waals surface area contributed by atoms with Crippen molar-refractivity contribution in [1.82, 2.24) is 0 Å². The minimum absolute atomic E-state index is 0.115. The van der Waals surface area contributed by atoms with Gasteiger partial charge in [0.25, 0.3) is 11.7 Å². The minimum Gasteiger partial charge on any atom is -0.507 e. The fourth-order valence-electron chi connectivity index (χ4n) is 4.18. The summed E-state index contributed by atoms with van der Waals surface area (Å²) < 4.78 is 5.66. The molecular weight excluding hydrogens is 410 g/mol. The largest absolute Gasteiger partial charge is 0.507 e. The van der Waals surface area contributed by atoms with E-state index in [2.05, 4.69) is 0 Å². The van der Waals surface area contributed by atoms with E-state index in [-0.39, 0.29) is 11.3 Å². The van der Waals surface area contributed by atoms with Crippen LogP contribution in [0.5, 0.6) is 5.75 Å². The van der Waals surface area contributed by atoms with E-state index in [1.807, 2.05) is 60.8 Å². The summed E-state index contributed by atoms with van der Waals surface area (Å²) in [6, 6.07) is 16.0. The number of carbonyl (C=O) groups is 2. The summed E-state index contributed by atoms with van der Waals surface area (Å²) in [5.74, 6) is -0.659. The van der Waals surface area contributed by atoms with Gasteiger partial charge < -0.3 is 9.84 Å². The summed E-state index contributed by atoms with van der Waals surface area (Å²) in [7, 11) is 0. The van der Waals surface area contributed by atoms with Gasteiger partial charge in [-0.15, -0.1) is 11.3 Å². The number of aliphatic hydroxyl groups excluding tert-OH is 1. The third-order valence-corrected chi connectivity index (χ3v) is 6.68. The molecule has 6 heteroatoms. The first-order valence-corrected chi connectivity index (χ1v) is 11.1. The number of amides is 1. The van der Waals surface area contributed by atoms with Gasteiger partial charge in [0.15, 0.2) is 0 Å². The molecule has 2 aliphatic heterocycles. The van der Waals surface area contributed by atoms with Gasteiger partial charge in [-0.25, -0.2) is 0 Å². The van der Waals surface area contributed by atoms with Crippen molar-refractivity contribution in [3.8, 4) is 5.75 Å². The zero-order valence-electron chi connectivity index (χ0n) is 17.0.